The Morgan fingerprint density at radius 2 is 1.53 bits per heavy atom. The van der Waals surface area contributed by atoms with E-state index < -0.39 is 0 Å². The van der Waals surface area contributed by atoms with Crippen LogP contribution in [0.15, 0.2) is 64.2 Å². The summed E-state index contributed by atoms with van der Waals surface area (Å²) in [5, 5.41) is 0.622. The maximum absolute atomic E-state index is 13.0. The first-order valence-corrected chi connectivity index (χ1v) is 11.2. The van der Waals surface area contributed by atoms with Gasteiger partial charge >= 0.3 is 0 Å². The van der Waals surface area contributed by atoms with Crippen molar-refractivity contribution in [2.24, 2.45) is 0 Å². The van der Waals surface area contributed by atoms with Gasteiger partial charge in [-0.1, -0.05) is 62.4 Å². The zero-order chi connectivity index (χ0) is 22.6. The molecule has 0 aliphatic carbocycles. The molecule has 4 nitrogen and oxygen atoms in total. The zero-order valence-corrected chi connectivity index (χ0v) is 19.0. The van der Waals surface area contributed by atoms with E-state index in [0.29, 0.717) is 10.4 Å². The Morgan fingerprint density at radius 1 is 0.906 bits per heavy atom. The zero-order valence-electron chi connectivity index (χ0n) is 19.0. The molecular formula is C28H28N2O2. The van der Waals surface area contributed by atoms with Crippen LogP contribution in [0.1, 0.15) is 31.9 Å². The molecule has 2 aliphatic heterocycles. The van der Waals surface area contributed by atoms with Crippen molar-refractivity contribution < 1.29 is 0 Å². The van der Waals surface area contributed by atoms with Crippen molar-refractivity contribution in [3.05, 3.63) is 96.6 Å². The van der Waals surface area contributed by atoms with E-state index in [1.54, 1.807) is 0 Å². The molecule has 2 aliphatic rings. The highest BCUT2D eigenvalue weighted by Crippen LogP contribution is 2.44. The summed E-state index contributed by atoms with van der Waals surface area (Å²) in [4.78, 5) is 30.5. The maximum Gasteiger partial charge on any atom is 0.200 e. The largest absolute Gasteiger partial charge is 0.367 e. The van der Waals surface area contributed by atoms with E-state index in [2.05, 4.69) is 67.0 Å². The molecule has 0 N–H and O–H groups in total. The van der Waals surface area contributed by atoms with Gasteiger partial charge in [0, 0.05) is 30.4 Å². The summed E-state index contributed by atoms with van der Waals surface area (Å²) >= 11 is 0. The maximum atomic E-state index is 13.0. The highest BCUT2D eigenvalue weighted by Gasteiger charge is 2.41. The lowest BCUT2D eigenvalue weighted by molar-refractivity contribution is 0.504. The molecule has 3 aromatic rings. The van der Waals surface area contributed by atoms with Crippen LogP contribution in [0.4, 0.5) is 11.4 Å². The summed E-state index contributed by atoms with van der Waals surface area (Å²) in [6, 6.07) is 16.3. The molecule has 0 bridgehead atoms. The second kappa shape index (κ2) is 7.33. The number of rotatable bonds is 3. The molecule has 0 radical (unpaired) electrons. The Hall–Kier alpha value is -3.40. The number of fused-ring (bicyclic) bond motifs is 2. The van der Waals surface area contributed by atoms with E-state index >= 15 is 0 Å². The van der Waals surface area contributed by atoms with E-state index in [-0.39, 0.29) is 28.4 Å². The molecule has 2 unspecified atom stereocenters. The van der Waals surface area contributed by atoms with Crippen LogP contribution >= 0.6 is 0 Å². The molecule has 0 spiro atoms. The van der Waals surface area contributed by atoms with Gasteiger partial charge < -0.3 is 9.80 Å². The molecule has 0 aromatic heterocycles. The second-order valence-corrected chi connectivity index (χ2v) is 9.31. The number of para-hydroxylation sites is 2. The van der Waals surface area contributed by atoms with Crippen LogP contribution < -0.4 is 31.1 Å². The lowest BCUT2D eigenvalue weighted by atomic mass is 9.80. The summed E-state index contributed by atoms with van der Waals surface area (Å²) in [6.07, 6.45) is 7.84. The Balaban J connectivity index is 1.54. The van der Waals surface area contributed by atoms with Gasteiger partial charge in [0.05, 0.1) is 22.5 Å². The first kappa shape index (κ1) is 20.5. The summed E-state index contributed by atoms with van der Waals surface area (Å²) in [5.41, 5.74) is 4.20. The molecule has 2 atom stereocenters. The predicted molar refractivity (Wildman–Crippen MR) is 133 cm³/mol. The van der Waals surface area contributed by atoms with E-state index in [9.17, 15) is 9.59 Å². The summed E-state index contributed by atoms with van der Waals surface area (Å²) in [5.74, 6) is 0. The molecule has 2 heterocycles. The van der Waals surface area contributed by atoms with Crippen molar-refractivity contribution in [1.29, 1.82) is 0 Å². The number of hydrogen-bond acceptors (Lipinski definition) is 4. The van der Waals surface area contributed by atoms with Gasteiger partial charge in [-0.2, -0.15) is 0 Å². The van der Waals surface area contributed by atoms with Gasteiger partial charge in [0.1, 0.15) is 0 Å². The van der Waals surface area contributed by atoms with Crippen molar-refractivity contribution in [3.63, 3.8) is 0 Å². The quantitative estimate of drug-likeness (QED) is 0.648. The van der Waals surface area contributed by atoms with Crippen LogP contribution in [-0.4, -0.2) is 25.7 Å². The number of hydrogen-bond donors (Lipinski definition) is 0. The van der Waals surface area contributed by atoms with Crippen molar-refractivity contribution in [2.75, 3.05) is 23.4 Å². The van der Waals surface area contributed by atoms with Crippen molar-refractivity contribution >= 4 is 29.6 Å². The van der Waals surface area contributed by atoms with Gasteiger partial charge in [-0.05, 0) is 42.3 Å². The highest BCUT2D eigenvalue weighted by molar-refractivity contribution is 5.75. The topological polar surface area (TPSA) is 40.6 Å². The molecule has 162 valence electrons. The smallest absolute Gasteiger partial charge is 0.200 e. The summed E-state index contributed by atoms with van der Waals surface area (Å²) < 4.78 is 0. The van der Waals surface area contributed by atoms with Crippen molar-refractivity contribution in [3.8, 4) is 0 Å². The fourth-order valence-corrected chi connectivity index (χ4v) is 5.39. The van der Waals surface area contributed by atoms with Crippen LogP contribution in [0.25, 0.3) is 18.2 Å². The monoisotopic (exact) mass is 424 g/mol. The van der Waals surface area contributed by atoms with Crippen LogP contribution in [-0.2, 0) is 5.41 Å². The Bertz CT molecular complexity index is 1390. The van der Waals surface area contributed by atoms with Gasteiger partial charge in [-0.3, -0.25) is 9.59 Å². The van der Waals surface area contributed by atoms with E-state index in [1.165, 1.54) is 5.56 Å². The normalized spacial score (nSPS) is 20.9. The van der Waals surface area contributed by atoms with E-state index in [0.717, 1.165) is 23.5 Å². The molecule has 4 heteroatoms. The fraction of sp³-hybridized carbons (Fsp3) is 0.286. The van der Waals surface area contributed by atoms with Gasteiger partial charge in [0.2, 0.25) is 0 Å². The van der Waals surface area contributed by atoms with Gasteiger partial charge in [0.25, 0.3) is 0 Å². The third-order valence-corrected chi connectivity index (χ3v) is 7.20. The minimum atomic E-state index is -0.187. The van der Waals surface area contributed by atoms with Crippen LogP contribution in [0.3, 0.4) is 0 Å². The average Bonchev–Trinajstić information content (AvgIpc) is 3.00. The minimum Gasteiger partial charge on any atom is -0.367 e. The Morgan fingerprint density at radius 3 is 2.22 bits per heavy atom. The van der Waals surface area contributed by atoms with Crippen molar-refractivity contribution in [2.45, 2.75) is 38.3 Å². The Kier molecular flexibility index (Phi) is 4.70. The first-order chi connectivity index (χ1) is 15.3. The molecule has 3 aromatic carbocycles. The van der Waals surface area contributed by atoms with Gasteiger partial charge in [-0.25, -0.2) is 0 Å². The Labute approximate surface area is 188 Å². The number of anilines is 2. The van der Waals surface area contributed by atoms with Crippen LogP contribution in [0.2, 0.25) is 0 Å². The minimum absolute atomic E-state index is 0.0436. The molecule has 0 saturated carbocycles. The van der Waals surface area contributed by atoms with E-state index in [4.69, 9.17) is 0 Å². The van der Waals surface area contributed by atoms with E-state index in [1.807, 2.05) is 43.5 Å². The molecule has 5 rings (SSSR count). The number of likely N-dealkylation sites (N-methyl/N-ethyl adjacent to an activating group) is 2. The molecule has 0 saturated heterocycles. The lowest BCUT2D eigenvalue weighted by Gasteiger charge is -2.33. The number of nitrogens with zero attached hydrogens (tertiary/aromatic N) is 2. The first-order valence-electron chi connectivity index (χ1n) is 11.2. The molecular weight excluding hydrogens is 396 g/mol. The second-order valence-electron chi connectivity index (χ2n) is 9.31. The standard InChI is InChI=1S/C28H28N2O2/c1-5-30-19(15-14-18-10-6-8-12-23(18)30)16-20-26(31)21(27(20)32)17-25-28(2,3)22-11-7-9-13-24(22)29(25)4/h6-17,19,25H,5H2,1-4H3. The van der Waals surface area contributed by atoms with Crippen LogP contribution in [0, 0.1) is 0 Å². The molecule has 0 fully saturated rings. The summed E-state index contributed by atoms with van der Waals surface area (Å²) in [7, 11) is 2.03. The number of benzene rings is 2. The molecule has 32 heavy (non-hydrogen) atoms. The highest BCUT2D eigenvalue weighted by atomic mass is 16.1. The third kappa shape index (κ3) is 2.89. The van der Waals surface area contributed by atoms with Crippen molar-refractivity contribution in [1.82, 2.24) is 0 Å². The van der Waals surface area contributed by atoms with Crippen LogP contribution in [0.5, 0.6) is 0 Å². The molecule has 0 amide bonds. The van der Waals surface area contributed by atoms with Gasteiger partial charge in [0.15, 0.2) is 10.9 Å². The fourth-order valence-electron chi connectivity index (χ4n) is 5.39. The third-order valence-electron chi connectivity index (χ3n) is 7.20. The predicted octanol–water partition coefficient (Wildman–Crippen LogP) is 2.56. The summed E-state index contributed by atoms with van der Waals surface area (Å²) in [6.45, 7) is 7.22. The van der Waals surface area contributed by atoms with Gasteiger partial charge in [-0.15, -0.1) is 0 Å². The lowest BCUT2D eigenvalue weighted by Crippen LogP contribution is -2.66. The SMILES string of the molecule is CCN1c2ccccc2C=CC1C=c1c(=O)c(=CC2N(C)c3ccccc3C2(C)C)c1=O. The average molecular weight is 425 g/mol.